The zero-order valence-corrected chi connectivity index (χ0v) is 17.7. The van der Waals surface area contributed by atoms with Crippen LogP contribution in [0.25, 0.3) is 0 Å². The average Bonchev–Trinajstić information content (AvgIpc) is 3.08. The standard InChI is InChI=1S/C25H22N4O4/c30-22(26-17-18-10-4-1-5-11-18)16-21-24(32)28(20-14-8-3-9-15-20)25(33)29(21)27-23(31)19-12-6-2-7-13-19/h1-15,21H,16-17H2,(H,26,30)(H,27,31)/t21-/m1/s1. The van der Waals surface area contributed by atoms with Gasteiger partial charge in [-0.05, 0) is 29.8 Å². The van der Waals surface area contributed by atoms with Crippen molar-refractivity contribution in [2.75, 3.05) is 4.90 Å². The molecule has 3 aromatic carbocycles. The lowest BCUT2D eigenvalue weighted by atomic mass is 10.1. The highest BCUT2D eigenvalue weighted by atomic mass is 16.2. The Hall–Kier alpha value is -4.46. The lowest BCUT2D eigenvalue weighted by Gasteiger charge is -2.22. The molecule has 3 aromatic rings. The Kier molecular flexibility index (Phi) is 6.45. The van der Waals surface area contributed by atoms with Crippen molar-refractivity contribution in [3.05, 3.63) is 102 Å². The molecule has 1 fully saturated rings. The van der Waals surface area contributed by atoms with E-state index in [2.05, 4.69) is 10.7 Å². The van der Waals surface area contributed by atoms with Gasteiger partial charge in [0.15, 0.2) is 0 Å². The molecule has 0 radical (unpaired) electrons. The summed E-state index contributed by atoms with van der Waals surface area (Å²) in [6.45, 7) is 0.285. The van der Waals surface area contributed by atoms with Crippen molar-refractivity contribution in [2.45, 2.75) is 19.0 Å². The molecule has 1 aliphatic rings. The Labute approximate surface area is 190 Å². The van der Waals surface area contributed by atoms with Gasteiger partial charge in [-0.15, -0.1) is 0 Å². The molecule has 5 amide bonds. The number of carbonyl (C=O) groups excluding carboxylic acids is 4. The number of hydrogen-bond acceptors (Lipinski definition) is 4. The van der Waals surface area contributed by atoms with Crippen LogP contribution < -0.4 is 15.6 Å². The normalized spacial score (nSPS) is 15.5. The van der Waals surface area contributed by atoms with Gasteiger partial charge in [0.05, 0.1) is 12.1 Å². The average molecular weight is 442 g/mol. The Balaban J connectivity index is 1.54. The number of imide groups is 1. The number of rotatable bonds is 7. The third-order valence-corrected chi connectivity index (χ3v) is 5.20. The maximum atomic E-state index is 13.2. The number of hydrazine groups is 1. The number of anilines is 1. The lowest BCUT2D eigenvalue weighted by Crippen LogP contribution is -2.50. The second-order valence-electron chi connectivity index (χ2n) is 7.45. The van der Waals surface area contributed by atoms with Crippen LogP contribution >= 0.6 is 0 Å². The molecule has 166 valence electrons. The fourth-order valence-corrected chi connectivity index (χ4v) is 3.52. The molecule has 0 spiro atoms. The molecule has 2 N–H and O–H groups in total. The van der Waals surface area contributed by atoms with Crippen molar-refractivity contribution in [3.63, 3.8) is 0 Å². The fourth-order valence-electron chi connectivity index (χ4n) is 3.52. The Morgan fingerprint density at radius 3 is 2.00 bits per heavy atom. The third kappa shape index (κ3) is 4.90. The third-order valence-electron chi connectivity index (χ3n) is 5.20. The summed E-state index contributed by atoms with van der Waals surface area (Å²) in [6.07, 6.45) is -0.296. The van der Waals surface area contributed by atoms with Crippen LogP contribution in [0.4, 0.5) is 10.5 Å². The highest BCUT2D eigenvalue weighted by molar-refractivity contribution is 6.22. The first-order valence-corrected chi connectivity index (χ1v) is 10.4. The van der Waals surface area contributed by atoms with Crippen LogP contribution in [0.15, 0.2) is 91.0 Å². The van der Waals surface area contributed by atoms with E-state index in [0.29, 0.717) is 11.3 Å². The Morgan fingerprint density at radius 2 is 1.36 bits per heavy atom. The topological polar surface area (TPSA) is 98.8 Å². The van der Waals surface area contributed by atoms with E-state index in [-0.39, 0.29) is 13.0 Å². The monoisotopic (exact) mass is 442 g/mol. The molecule has 1 heterocycles. The van der Waals surface area contributed by atoms with Crippen LogP contribution in [-0.2, 0) is 16.1 Å². The van der Waals surface area contributed by atoms with E-state index in [1.165, 1.54) is 0 Å². The minimum atomic E-state index is -1.18. The SMILES string of the molecule is O=C(C[C@@H]1C(=O)N(c2ccccc2)C(=O)N1NC(=O)c1ccccc1)NCc1ccccc1. The Bertz CT molecular complexity index is 1150. The summed E-state index contributed by atoms with van der Waals surface area (Å²) in [6, 6.07) is 24.1. The zero-order chi connectivity index (χ0) is 23.2. The summed E-state index contributed by atoms with van der Waals surface area (Å²) in [7, 11) is 0. The largest absolute Gasteiger partial charge is 0.352 e. The predicted molar refractivity (Wildman–Crippen MR) is 122 cm³/mol. The summed E-state index contributed by atoms with van der Waals surface area (Å²) >= 11 is 0. The molecule has 33 heavy (non-hydrogen) atoms. The van der Waals surface area contributed by atoms with E-state index in [0.717, 1.165) is 15.5 Å². The second kappa shape index (κ2) is 9.78. The first-order valence-electron chi connectivity index (χ1n) is 10.4. The molecule has 1 atom stereocenters. The van der Waals surface area contributed by atoms with Gasteiger partial charge in [-0.1, -0.05) is 66.7 Å². The fraction of sp³-hybridized carbons (Fsp3) is 0.120. The van der Waals surface area contributed by atoms with Gasteiger partial charge in [-0.2, -0.15) is 0 Å². The molecular formula is C25H22N4O4. The first-order chi connectivity index (χ1) is 16.0. The summed E-state index contributed by atoms with van der Waals surface area (Å²) in [5.74, 6) is -1.56. The summed E-state index contributed by atoms with van der Waals surface area (Å²) in [5, 5.41) is 3.70. The van der Waals surface area contributed by atoms with E-state index in [9.17, 15) is 19.2 Å². The first kappa shape index (κ1) is 21.8. The number of carbonyl (C=O) groups is 4. The van der Waals surface area contributed by atoms with E-state index < -0.39 is 29.8 Å². The van der Waals surface area contributed by atoms with Crippen LogP contribution in [0.5, 0.6) is 0 Å². The minimum absolute atomic E-state index is 0.285. The van der Waals surface area contributed by atoms with Crippen LogP contribution in [0.2, 0.25) is 0 Å². The number of benzene rings is 3. The molecule has 8 heteroatoms. The van der Waals surface area contributed by atoms with Gasteiger partial charge in [0, 0.05) is 12.1 Å². The van der Waals surface area contributed by atoms with Crippen molar-refractivity contribution in [3.8, 4) is 0 Å². The molecule has 0 aliphatic carbocycles. The number of amides is 5. The molecule has 0 unspecified atom stereocenters. The molecule has 0 aromatic heterocycles. The smallest absolute Gasteiger partial charge is 0.350 e. The number of nitrogens with one attached hydrogen (secondary N) is 2. The predicted octanol–water partition coefficient (Wildman–Crippen LogP) is 2.88. The van der Waals surface area contributed by atoms with Crippen molar-refractivity contribution < 1.29 is 19.2 Å². The van der Waals surface area contributed by atoms with Gasteiger partial charge in [-0.3, -0.25) is 19.8 Å². The molecular weight excluding hydrogens is 420 g/mol. The highest BCUT2D eigenvalue weighted by Gasteiger charge is 2.47. The zero-order valence-electron chi connectivity index (χ0n) is 17.7. The Morgan fingerprint density at radius 1 is 0.788 bits per heavy atom. The van der Waals surface area contributed by atoms with E-state index >= 15 is 0 Å². The van der Waals surface area contributed by atoms with Gasteiger partial charge in [0.1, 0.15) is 6.04 Å². The lowest BCUT2D eigenvalue weighted by molar-refractivity contribution is -0.127. The van der Waals surface area contributed by atoms with Crippen molar-refractivity contribution in [2.24, 2.45) is 0 Å². The number of hydrogen-bond donors (Lipinski definition) is 2. The van der Waals surface area contributed by atoms with Crippen LogP contribution in [-0.4, -0.2) is 34.8 Å². The molecule has 1 aliphatic heterocycles. The van der Waals surface area contributed by atoms with E-state index in [1.54, 1.807) is 60.7 Å². The number of nitrogens with zero attached hydrogens (tertiary/aromatic N) is 2. The van der Waals surface area contributed by atoms with Crippen molar-refractivity contribution in [1.29, 1.82) is 0 Å². The summed E-state index contributed by atoms with van der Waals surface area (Å²) < 4.78 is 0. The van der Waals surface area contributed by atoms with Crippen LogP contribution in [0, 0.1) is 0 Å². The van der Waals surface area contributed by atoms with Gasteiger partial charge < -0.3 is 5.32 Å². The van der Waals surface area contributed by atoms with Gasteiger partial charge in [-0.25, -0.2) is 14.7 Å². The molecule has 4 rings (SSSR count). The van der Waals surface area contributed by atoms with Crippen molar-refractivity contribution >= 4 is 29.4 Å². The molecule has 1 saturated heterocycles. The summed E-state index contributed by atoms with van der Waals surface area (Å²) in [4.78, 5) is 52.6. The number of urea groups is 1. The van der Waals surface area contributed by atoms with Crippen LogP contribution in [0.1, 0.15) is 22.3 Å². The van der Waals surface area contributed by atoms with E-state index in [4.69, 9.17) is 0 Å². The van der Waals surface area contributed by atoms with Gasteiger partial charge in [0.2, 0.25) is 5.91 Å². The maximum absolute atomic E-state index is 13.2. The van der Waals surface area contributed by atoms with E-state index in [1.807, 2.05) is 30.3 Å². The molecule has 8 nitrogen and oxygen atoms in total. The van der Waals surface area contributed by atoms with Gasteiger partial charge in [0.25, 0.3) is 11.8 Å². The van der Waals surface area contributed by atoms with Crippen LogP contribution in [0.3, 0.4) is 0 Å². The van der Waals surface area contributed by atoms with Crippen molar-refractivity contribution in [1.82, 2.24) is 15.8 Å². The highest BCUT2D eigenvalue weighted by Crippen LogP contribution is 2.25. The second-order valence-corrected chi connectivity index (χ2v) is 7.45. The number of para-hydroxylation sites is 1. The van der Waals surface area contributed by atoms with Gasteiger partial charge >= 0.3 is 6.03 Å². The molecule has 0 saturated carbocycles. The quantitative estimate of drug-likeness (QED) is 0.550. The maximum Gasteiger partial charge on any atom is 0.350 e. The molecule has 0 bridgehead atoms. The minimum Gasteiger partial charge on any atom is -0.352 e. The summed E-state index contributed by atoms with van der Waals surface area (Å²) in [5.41, 5.74) is 4.09.